The van der Waals surface area contributed by atoms with Crippen LogP contribution in [0.2, 0.25) is 0 Å². The van der Waals surface area contributed by atoms with Crippen LogP contribution in [0.4, 0.5) is 0 Å². The van der Waals surface area contributed by atoms with Crippen LogP contribution in [0.3, 0.4) is 0 Å². The summed E-state index contributed by atoms with van der Waals surface area (Å²) in [5, 5.41) is 24.0. The summed E-state index contributed by atoms with van der Waals surface area (Å²) in [6.07, 6.45) is 2.29. The van der Waals surface area contributed by atoms with Gasteiger partial charge in [-0.15, -0.1) is 10.2 Å². The maximum absolute atomic E-state index is 12.0. The van der Waals surface area contributed by atoms with Gasteiger partial charge in [0.15, 0.2) is 5.69 Å². The fourth-order valence-electron chi connectivity index (χ4n) is 2.30. The van der Waals surface area contributed by atoms with Gasteiger partial charge in [-0.1, -0.05) is 19.0 Å². The summed E-state index contributed by atoms with van der Waals surface area (Å²) in [7, 11) is 0. The standard InChI is InChI=1S/C18H26N4O4/c1-6-11(2)16(13-9-20-26-12(13)3)25-15-8-7-14(21-22-15)17(23)19-10-18(4,5)24/h7-9,11,16,24H,6,10H2,1-5H3,(H,19,23). The maximum Gasteiger partial charge on any atom is 0.271 e. The smallest absolute Gasteiger partial charge is 0.271 e. The zero-order chi connectivity index (χ0) is 19.3. The predicted octanol–water partition coefficient (Wildman–Crippen LogP) is 2.44. The van der Waals surface area contributed by atoms with E-state index in [1.165, 1.54) is 6.07 Å². The minimum atomic E-state index is -0.994. The number of carbonyl (C=O) groups is 1. The summed E-state index contributed by atoms with van der Waals surface area (Å²) < 4.78 is 11.1. The first kappa shape index (κ1) is 19.8. The molecule has 142 valence electrons. The van der Waals surface area contributed by atoms with E-state index in [0.717, 1.165) is 12.0 Å². The van der Waals surface area contributed by atoms with Crippen molar-refractivity contribution in [3.63, 3.8) is 0 Å². The molecule has 2 N–H and O–H groups in total. The molecule has 26 heavy (non-hydrogen) atoms. The van der Waals surface area contributed by atoms with Crippen LogP contribution in [-0.4, -0.2) is 38.5 Å². The summed E-state index contributed by atoms with van der Waals surface area (Å²) in [6.45, 7) is 9.32. The van der Waals surface area contributed by atoms with Crippen LogP contribution in [0.25, 0.3) is 0 Å². The third-order valence-corrected chi connectivity index (χ3v) is 4.06. The van der Waals surface area contributed by atoms with Gasteiger partial charge >= 0.3 is 0 Å². The van der Waals surface area contributed by atoms with Crippen LogP contribution < -0.4 is 10.1 Å². The zero-order valence-electron chi connectivity index (χ0n) is 15.8. The summed E-state index contributed by atoms with van der Waals surface area (Å²) in [4.78, 5) is 12.0. The van der Waals surface area contributed by atoms with Crippen molar-refractivity contribution < 1.29 is 19.2 Å². The van der Waals surface area contributed by atoms with Crippen molar-refractivity contribution in [2.45, 2.75) is 52.7 Å². The first-order valence-electron chi connectivity index (χ1n) is 8.63. The van der Waals surface area contributed by atoms with Crippen molar-refractivity contribution in [3.8, 4) is 5.88 Å². The van der Waals surface area contributed by atoms with Crippen LogP contribution in [0.15, 0.2) is 22.9 Å². The number of amides is 1. The molecule has 8 heteroatoms. The molecule has 0 bridgehead atoms. The van der Waals surface area contributed by atoms with E-state index in [-0.39, 0.29) is 24.3 Å². The van der Waals surface area contributed by atoms with E-state index in [9.17, 15) is 9.90 Å². The molecule has 2 aromatic heterocycles. The first-order chi connectivity index (χ1) is 12.2. The van der Waals surface area contributed by atoms with Crippen molar-refractivity contribution >= 4 is 5.91 Å². The van der Waals surface area contributed by atoms with Crippen LogP contribution in [-0.2, 0) is 0 Å². The second-order valence-electron chi connectivity index (χ2n) is 7.01. The number of carbonyl (C=O) groups excluding carboxylic acids is 1. The van der Waals surface area contributed by atoms with Gasteiger partial charge in [-0.05, 0) is 39.2 Å². The molecule has 0 radical (unpaired) electrons. The van der Waals surface area contributed by atoms with Gasteiger partial charge in [-0.2, -0.15) is 0 Å². The molecule has 0 fully saturated rings. The third-order valence-electron chi connectivity index (χ3n) is 4.06. The molecule has 1 amide bonds. The molecular formula is C18H26N4O4. The number of rotatable bonds is 8. The molecule has 2 atom stereocenters. The Morgan fingerprint density at radius 1 is 1.38 bits per heavy atom. The molecule has 0 aliphatic rings. The van der Waals surface area contributed by atoms with Gasteiger partial charge in [-0.25, -0.2) is 0 Å². The number of aryl methyl sites for hydroxylation is 1. The van der Waals surface area contributed by atoms with E-state index in [4.69, 9.17) is 9.26 Å². The lowest BCUT2D eigenvalue weighted by atomic mass is 9.96. The molecule has 0 saturated carbocycles. The van der Waals surface area contributed by atoms with E-state index in [0.29, 0.717) is 11.6 Å². The largest absolute Gasteiger partial charge is 0.468 e. The highest BCUT2D eigenvalue weighted by molar-refractivity contribution is 5.92. The molecule has 0 saturated heterocycles. The van der Waals surface area contributed by atoms with Crippen molar-refractivity contribution in [1.82, 2.24) is 20.7 Å². The van der Waals surface area contributed by atoms with Gasteiger partial charge in [0.2, 0.25) is 5.88 Å². The molecule has 2 aromatic rings. The summed E-state index contributed by atoms with van der Waals surface area (Å²) in [5.74, 6) is 0.824. The van der Waals surface area contributed by atoms with Crippen LogP contribution in [0.1, 0.15) is 62.0 Å². The quantitative estimate of drug-likeness (QED) is 0.742. The number of nitrogens with one attached hydrogen (secondary N) is 1. The van der Waals surface area contributed by atoms with Crippen LogP contribution in [0.5, 0.6) is 5.88 Å². The Morgan fingerprint density at radius 2 is 2.12 bits per heavy atom. The molecule has 0 aromatic carbocycles. The Hall–Kier alpha value is -2.48. The van der Waals surface area contributed by atoms with Gasteiger partial charge in [0, 0.05) is 12.6 Å². The van der Waals surface area contributed by atoms with Gasteiger partial charge in [0.05, 0.1) is 17.4 Å². The average Bonchev–Trinajstić information content (AvgIpc) is 3.02. The number of nitrogens with zero attached hydrogens (tertiary/aromatic N) is 3. The van der Waals surface area contributed by atoms with E-state index >= 15 is 0 Å². The topological polar surface area (TPSA) is 110 Å². The Bertz CT molecular complexity index is 722. The third kappa shape index (κ3) is 5.26. The number of hydrogen-bond acceptors (Lipinski definition) is 7. The molecule has 2 heterocycles. The van der Waals surface area contributed by atoms with Gasteiger partial charge < -0.3 is 19.7 Å². The van der Waals surface area contributed by atoms with Gasteiger partial charge in [0.25, 0.3) is 5.91 Å². The van der Waals surface area contributed by atoms with Crippen molar-refractivity contribution in [3.05, 3.63) is 35.3 Å². The van der Waals surface area contributed by atoms with Crippen molar-refractivity contribution in [1.29, 1.82) is 0 Å². The van der Waals surface area contributed by atoms with E-state index in [2.05, 4.69) is 34.5 Å². The number of hydrogen-bond donors (Lipinski definition) is 2. The SMILES string of the molecule is CCC(C)C(Oc1ccc(C(=O)NCC(C)(C)O)nn1)c1cnoc1C. The van der Waals surface area contributed by atoms with Crippen LogP contribution in [0, 0.1) is 12.8 Å². The minimum Gasteiger partial charge on any atom is -0.468 e. The fourth-order valence-corrected chi connectivity index (χ4v) is 2.30. The molecule has 0 aliphatic heterocycles. The molecule has 0 spiro atoms. The van der Waals surface area contributed by atoms with E-state index in [1.807, 2.05) is 6.92 Å². The Kier molecular flexibility index (Phi) is 6.31. The Labute approximate surface area is 152 Å². The van der Waals surface area contributed by atoms with Gasteiger partial charge in [0.1, 0.15) is 11.9 Å². The monoisotopic (exact) mass is 362 g/mol. The fraction of sp³-hybridized carbons (Fsp3) is 0.556. The predicted molar refractivity (Wildman–Crippen MR) is 94.7 cm³/mol. The average molecular weight is 362 g/mol. The van der Waals surface area contributed by atoms with Crippen LogP contribution >= 0.6 is 0 Å². The molecule has 0 aliphatic carbocycles. The Morgan fingerprint density at radius 3 is 2.62 bits per heavy atom. The molecule has 8 nitrogen and oxygen atoms in total. The number of ether oxygens (including phenoxy) is 1. The second-order valence-corrected chi connectivity index (χ2v) is 7.01. The lowest BCUT2D eigenvalue weighted by Crippen LogP contribution is -2.38. The second kappa shape index (κ2) is 8.27. The normalized spacial score (nSPS) is 13.9. The number of aromatic nitrogens is 3. The summed E-state index contributed by atoms with van der Waals surface area (Å²) in [6, 6.07) is 3.14. The summed E-state index contributed by atoms with van der Waals surface area (Å²) >= 11 is 0. The summed E-state index contributed by atoms with van der Waals surface area (Å²) in [5.41, 5.74) is 0.0302. The van der Waals surface area contributed by atoms with E-state index < -0.39 is 11.5 Å². The van der Waals surface area contributed by atoms with Gasteiger partial charge in [-0.3, -0.25) is 4.79 Å². The Balaban J connectivity index is 2.09. The zero-order valence-corrected chi connectivity index (χ0v) is 15.8. The highest BCUT2D eigenvalue weighted by Crippen LogP contribution is 2.31. The molecule has 2 unspecified atom stereocenters. The number of aliphatic hydroxyl groups is 1. The minimum absolute atomic E-state index is 0.120. The van der Waals surface area contributed by atoms with Crippen molar-refractivity contribution in [2.24, 2.45) is 5.92 Å². The lowest BCUT2D eigenvalue weighted by molar-refractivity contribution is 0.0691. The highest BCUT2D eigenvalue weighted by Gasteiger charge is 2.25. The molecule has 2 rings (SSSR count). The highest BCUT2D eigenvalue weighted by atomic mass is 16.5. The van der Waals surface area contributed by atoms with E-state index in [1.54, 1.807) is 26.1 Å². The molecular weight excluding hydrogens is 336 g/mol. The lowest BCUT2D eigenvalue weighted by Gasteiger charge is -2.22. The maximum atomic E-state index is 12.0. The first-order valence-corrected chi connectivity index (χ1v) is 8.63. The van der Waals surface area contributed by atoms with Crippen molar-refractivity contribution in [2.75, 3.05) is 6.54 Å².